The molecule has 1 saturated heterocycles. The molecule has 4 nitrogen and oxygen atoms in total. The smallest absolute Gasteiger partial charge is 0.416 e. The third kappa shape index (κ3) is 4.36. The van der Waals surface area contributed by atoms with Crippen LogP contribution in [0.4, 0.5) is 13.2 Å². The fraction of sp³-hybridized carbons (Fsp3) is 0.571. The highest BCUT2D eigenvalue weighted by Crippen LogP contribution is 2.34. The zero-order valence-electron chi connectivity index (χ0n) is 12.1. The molecular formula is C14H18F3NO3S. The van der Waals surface area contributed by atoms with Crippen molar-refractivity contribution in [1.82, 2.24) is 5.32 Å². The summed E-state index contributed by atoms with van der Waals surface area (Å²) < 4.78 is 67.1. The van der Waals surface area contributed by atoms with Crippen LogP contribution in [0.1, 0.15) is 18.4 Å². The number of rotatable bonds is 4. The normalized spacial score (nSPS) is 17.5. The van der Waals surface area contributed by atoms with Crippen LogP contribution in [-0.4, -0.2) is 34.4 Å². The summed E-state index contributed by atoms with van der Waals surface area (Å²) in [5.41, 5.74) is -0.998. The number of sulfone groups is 1. The number of ether oxygens (including phenoxy) is 1. The summed E-state index contributed by atoms with van der Waals surface area (Å²) in [4.78, 5) is -0.420. The van der Waals surface area contributed by atoms with Gasteiger partial charge in [-0.25, -0.2) is 8.42 Å². The maximum atomic E-state index is 12.7. The Morgan fingerprint density at radius 3 is 2.45 bits per heavy atom. The van der Waals surface area contributed by atoms with E-state index in [1.54, 1.807) is 0 Å². The molecule has 0 saturated carbocycles. The third-order valence-electron chi connectivity index (χ3n) is 3.60. The summed E-state index contributed by atoms with van der Waals surface area (Å²) in [6.07, 6.45) is -1.92. The molecule has 124 valence electrons. The molecule has 0 spiro atoms. The molecule has 0 radical (unpaired) electrons. The molecule has 0 amide bonds. The van der Waals surface area contributed by atoms with Gasteiger partial charge in [0.15, 0.2) is 9.84 Å². The first-order chi connectivity index (χ1) is 10.2. The van der Waals surface area contributed by atoms with E-state index < -0.39 is 26.5 Å². The lowest BCUT2D eigenvalue weighted by atomic mass is 9.99. The van der Waals surface area contributed by atoms with Crippen LogP contribution in [0.2, 0.25) is 0 Å². The van der Waals surface area contributed by atoms with Crippen LogP contribution < -0.4 is 10.1 Å². The lowest BCUT2D eigenvalue weighted by Crippen LogP contribution is -2.30. The van der Waals surface area contributed by atoms with Crippen LogP contribution in [-0.2, 0) is 16.0 Å². The van der Waals surface area contributed by atoms with E-state index in [0.29, 0.717) is 12.7 Å². The summed E-state index contributed by atoms with van der Waals surface area (Å²) >= 11 is 0. The standard InChI is InChI=1S/C14H18F3NO3S/c1-22(19,20)13-8-11(14(15,16)17)2-3-12(13)21-9-10-4-6-18-7-5-10/h2-3,8,10,18H,4-7,9H2,1H3. The van der Waals surface area contributed by atoms with Crippen molar-refractivity contribution in [2.24, 2.45) is 5.92 Å². The van der Waals surface area contributed by atoms with E-state index in [4.69, 9.17) is 4.74 Å². The van der Waals surface area contributed by atoms with Crippen molar-refractivity contribution in [3.05, 3.63) is 23.8 Å². The number of hydrogen-bond acceptors (Lipinski definition) is 4. The Kier molecular flexibility index (Phi) is 5.01. The van der Waals surface area contributed by atoms with Gasteiger partial charge < -0.3 is 10.1 Å². The van der Waals surface area contributed by atoms with Crippen LogP contribution in [0.3, 0.4) is 0 Å². The number of piperidine rings is 1. The van der Waals surface area contributed by atoms with Gasteiger partial charge in [-0.15, -0.1) is 0 Å². The van der Waals surface area contributed by atoms with E-state index >= 15 is 0 Å². The first-order valence-electron chi connectivity index (χ1n) is 6.93. The highest BCUT2D eigenvalue weighted by Gasteiger charge is 2.32. The maximum absolute atomic E-state index is 12.7. The maximum Gasteiger partial charge on any atom is 0.416 e. The number of halogens is 3. The molecule has 1 N–H and O–H groups in total. The minimum atomic E-state index is -4.59. The van der Waals surface area contributed by atoms with Gasteiger partial charge in [0.2, 0.25) is 0 Å². The average molecular weight is 337 g/mol. The molecular weight excluding hydrogens is 319 g/mol. The van der Waals surface area contributed by atoms with Gasteiger partial charge >= 0.3 is 6.18 Å². The molecule has 0 atom stereocenters. The van der Waals surface area contributed by atoms with E-state index in [2.05, 4.69) is 5.32 Å². The van der Waals surface area contributed by atoms with Crippen molar-refractivity contribution < 1.29 is 26.3 Å². The molecule has 22 heavy (non-hydrogen) atoms. The molecule has 1 heterocycles. The number of benzene rings is 1. The molecule has 8 heteroatoms. The van der Waals surface area contributed by atoms with Gasteiger partial charge in [-0.2, -0.15) is 13.2 Å². The second-order valence-electron chi connectivity index (χ2n) is 5.44. The Bertz CT molecular complexity index is 623. The van der Waals surface area contributed by atoms with E-state index in [9.17, 15) is 21.6 Å². The molecule has 0 bridgehead atoms. The topological polar surface area (TPSA) is 55.4 Å². The zero-order valence-corrected chi connectivity index (χ0v) is 12.9. The summed E-state index contributed by atoms with van der Waals surface area (Å²) in [7, 11) is -3.81. The molecule has 1 aliphatic heterocycles. The quantitative estimate of drug-likeness (QED) is 0.917. The van der Waals surface area contributed by atoms with Crippen molar-refractivity contribution >= 4 is 9.84 Å². The molecule has 2 rings (SSSR count). The molecule has 1 fully saturated rings. The Labute approximate surface area is 127 Å². The summed E-state index contributed by atoms with van der Waals surface area (Å²) in [6, 6.07) is 2.56. The van der Waals surface area contributed by atoms with E-state index in [1.807, 2.05) is 0 Å². The molecule has 0 unspecified atom stereocenters. The molecule has 0 aliphatic carbocycles. The van der Waals surface area contributed by atoms with Crippen molar-refractivity contribution in [3.63, 3.8) is 0 Å². The first-order valence-corrected chi connectivity index (χ1v) is 8.82. The average Bonchev–Trinajstić information content (AvgIpc) is 2.44. The van der Waals surface area contributed by atoms with Gasteiger partial charge in [0.1, 0.15) is 10.6 Å². The molecule has 1 aromatic rings. The molecule has 0 aromatic heterocycles. The van der Waals surface area contributed by atoms with Gasteiger partial charge in [0, 0.05) is 6.26 Å². The summed E-state index contributed by atoms with van der Waals surface area (Å²) in [5, 5.41) is 3.20. The van der Waals surface area contributed by atoms with Crippen LogP contribution in [0, 0.1) is 5.92 Å². The molecule has 1 aliphatic rings. The second kappa shape index (κ2) is 6.45. The lowest BCUT2D eigenvalue weighted by molar-refractivity contribution is -0.137. The van der Waals surface area contributed by atoms with Gasteiger partial charge in [0.05, 0.1) is 12.2 Å². The second-order valence-corrected chi connectivity index (χ2v) is 7.42. The Morgan fingerprint density at radius 1 is 1.27 bits per heavy atom. The van der Waals surface area contributed by atoms with E-state index in [-0.39, 0.29) is 11.7 Å². The van der Waals surface area contributed by atoms with Crippen LogP contribution in [0.25, 0.3) is 0 Å². The van der Waals surface area contributed by atoms with Crippen molar-refractivity contribution in [1.29, 1.82) is 0 Å². The van der Waals surface area contributed by atoms with Gasteiger partial charge in [-0.05, 0) is 50.0 Å². The predicted molar refractivity (Wildman–Crippen MR) is 75.6 cm³/mol. The number of nitrogens with one attached hydrogen (secondary N) is 1. The van der Waals surface area contributed by atoms with E-state index in [0.717, 1.165) is 44.3 Å². The summed E-state index contributed by atoms with van der Waals surface area (Å²) in [6.45, 7) is 2.02. The van der Waals surface area contributed by atoms with E-state index in [1.165, 1.54) is 0 Å². The van der Waals surface area contributed by atoms with Gasteiger partial charge in [0.25, 0.3) is 0 Å². The van der Waals surface area contributed by atoms with Crippen molar-refractivity contribution in [3.8, 4) is 5.75 Å². The molecule has 1 aromatic carbocycles. The Hall–Kier alpha value is -1.28. The minimum absolute atomic E-state index is 0.0194. The lowest BCUT2D eigenvalue weighted by Gasteiger charge is -2.23. The van der Waals surface area contributed by atoms with Gasteiger partial charge in [-0.3, -0.25) is 0 Å². The van der Waals surface area contributed by atoms with Gasteiger partial charge in [-0.1, -0.05) is 0 Å². The predicted octanol–water partition coefficient (Wildman–Crippen LogP) is 2.49. The Balaban J connectivity index is 2.22. The monoisotopic (exact) mass is 337 g/mol. The zero-order chi connectivity index (χ0) is 16.4. The highest BCUT2D eigenvalue weighted by molar-refractivity contribution is 7.90. The largest absolute Gasteiger partial charge is 0.492 e. The first kappa shape index (κ1) is 17.1. The van der Waals surface area contributed by atoms with Crippen LogP contribution in [0.5, 0.6) is 5.75 Å². The van der Waals surface area contributed by atoms with Crippen molar-refractivity contribution in [2.75, 3.05) is 26.0 Å². The van der Waals surface area contributed by atoms with Crippen molar-refractivity contribution in [2.45, 2.75) is 23.9 Å². The SMILES string of the molecule is CS(=O)(=O)c1cc(C(F)(F)F)ccc1OCC1CCNCC1. The highest BCUT2D eigenvalue weighted by atomic mass is 32.2. The Morgan fingerprint density at radius 2 is 1.91 bits per heavy atom. The minimum Gasteiger partial charge on any atom is -0.492 e. The fourth-order valence-corrected chi connectivity index (χ4v) is 3.18. The number of alkyl halides is 3. The number of hydrogen-bond donors (Lipinski definition) is 1. The van der Waals surface area contributed by atoms with Crippen LogP contribution in [0.15, 0.2) is 23.1 Å². The van der Waals surface area contributed by atoms with Crippen LogP contribution >= 0.6 is 0 Å². The fourth-order valence-electron chi connectivity index (χ4n) is 2.35. The third-order valence-corrected chi connectivity index (χ3v) is 4.72. The summed E-state index contributed by atoms with van der Waals surface area (Å²) in [5.74, 6) is 0.255.